The molecule has 0 spiro atoms. The fourth-order valence-corrected chi connectivity index (χ4v) is 2.06. The summed E-state index contributed by atoms with van der Waals surface area (Å²) in [5, 5.41) is 0. The van der Waals surface area contributed by atoms with Gasteiger partial charge in [-0.05, 0) is 18.6 Å². The van der Waals surface area contributed by atoms with E-state index in [0.29, 0.717) is 12.2 Å². The molecule has 0 atom stereocenters. The van der Waals surface area contributed by atoms with Crippen molar-refractivity contribution < 1.29 is 9.53 Å². The van der Waals surface area contributed by atoms with Gasteiger partial charge in [-0.25, -0.2) is 4.79 Å². The monoisotopic (exact) mass is 271 g/mol. The molecule has 0 amide bonds. The lowest BCUT2D eigenvalue weighted by Crippen LogP contribution is -2.11. The first-order chi connectivity index (χ1) is 9.43. The standard InChI is InChI=1S/C17H21NO2/c1-5-20-16(19)13-11-14(17(2,3)4)18-15(13)12-9-7-6-8-10-12/h6-11,18H,5H2,1-4H3. The third-order valence-corrected chi connectivity index (χ3v) is 3.18. The number of aromatic nitrogens is 1. The molecule has 1 heterocycles. The molecule has 1 aromatic heterocycles. The maximum Gasteiger partial charge on any atom is 0.340 e. The molecule has 0 bridgehead atoms. The zero-order valence-corrected chi connectivity index (χ0v) is 12.5. The maximum atomic E-state index is 12.1. The summed E-state index contributed by atoms with van der Waals surface area (Å²) in [6.45, 7) is 8.54. The van der Waals surface area contributed by atoms with E-state index in [9.17, 15) is 4.79 Å². The van der Waals surface area contributed by atoms with E-state index in [-0.39, 0.29) is 11.4 Å². The van der Waals surface area contributed by atoms with Crippen LogP contribution in [0.2, 0.25) is 0 Å². The van der Waals surface area contributed by atoms with Crippen molar-refractivity contribution in [1.82, 2.24) is 4.98 Å². The van der Waals surface area contributed by atoms with Crippen molar-refractivity contribution >= 4 is 5.97 Å². The summed E-state index contributed by atoms with van der Waals surface area (Å²) < 4.78 is 5.16. The first-order valence-electron chi connectivity index (χ1n) is 6.89. The third-order valence-electron chi connectivity index (χ3n) is 3.18. The summed E-state index contributed by atoms with van der Waals surface area (Å²) in [6.07, 6.45) is 0. The largest absolute Gasteiger partial charge is 0.462 e. The van der Waals surface area contributed by atoms with E-state index in [1.54, 1.807) is 0 Å². The van der Waals surface area contributed by atoms with Crippen LogP contribution < -0.4 is 0 Å². The lowest BCUT2D eigenvalue weighted by Gasteiger charge is -2.16. The molecule has 0 radical (unpaired) electrons. The van der Waals surface area contributed by atoms with Gasteiger partial charge in [0.1, 0.15) is 0 Å². The molecule has 0 unspecified atom stereocenters. The van der Waals surface area contributed by atoms with Crippen LogP contribution in [0.1, 0.15) is 43.7 Å². The van der Waals surface area contributed by atoms with E-state index in [1.165, 1.54) is 0 Å². The Bertz CT molecular complexity index is 591. The van der Waals surface area contributed by atoms with Crippen LogP contribution >= 0.6 is 0 Å². The van der Waals surface area contributed by atoms with Gasteiger partial charge in [-0.15, -0.1) is 0 Å². The smallest absolute Gasteiger partial charge is 0.340 e. The molecule has 2 rings (SSSR count). The number of benzene rings is 1. The van der Waals surface area contributed by atoms with Crippen molar-refractivity contribution in [3.63, 3.8) is 0 Å². The Balaban J connectivity index is 2.54. The predicted octanol–water partition coefficient (Wildman–Crippen LogP) is 4.16. The van der Waals surface area contributed by atoms with Crippen molar-refractivity contribution in [2.24, 2.45) is 0 Å². The highest BCUT2D eigenvalue weighted by Gasteiger charge is 2.23. The normalized spacial score (nSPS) is 11.4. The number of H-pyrrole nitrogens is 1. The third kappa shape index (κ3) is 2.93. The van der Waals surface area contributed by atoms with E-state index < -0.39 is 0 Å². The summed E-state index contributed by atoms with van der Waals surface area (Å²) in [7, 11) is 0. The molecule has 106 valence electrons. The Morgan fingerprint density at radius 3 is 2.40 bits per heavy atom. The molecule has 0 fully saturated rings. The first kappa shape index (κ1) is 14.4. The maximum absolute atomic E-state index is 12.1. The molecule has 3 nitrogen and oxygen atoms in total. The average molecular weight is 271 g/mol. The van der Waals surface area contributed by atoms with Gasteiger partial charge in [0.15, 0.2) is 0 Å². The van der Waals surface area contributed by atoms with Gasteiger partial charge in [-0.3, -0.25) is 0 Å². The lowest BCUT2D eigenvalue weighted by molar-refractivity contribution is 0.0527. The SMILES string of the molecule is CCOC(=O)c1cc(C(C)(C)C)[nH]c1-c1ccccc1. The van der Waals surface area contributed by atoms with Crippen LogP contribution in [-0.2, 0) is 10.2 Å². The minimum absolute atomic E-state index is 0.0473. The van der Waals surface area contributed by atoms with E-state index >= 15 is 0 Å². The second-order valence-corrected chi connectivity index (χ2v) is 5.81. The fraction of sp³-hybridized carbons (Fsp3) is 0.353. The summed E-state index contributed by atoms with van der Waals surface area (Å²) in [4.78, 5) is 15.5. The summed E-state index contributed by atoms with van der Waals surface area (Å²) in [5.41, 5.74) is 3.40. The number of aromatic amines is 1. The molecular formula is C17H21NO2. The molecule has 0 aliphatic heterocycles. The number of rotatable bonds is 3. The Morgan fingerprint density at radius 1 is 1.20 bits per heavy atom. The highest BCUT2D eigenvalue weighted by Crippen LogP contribution is 2.30. The number of nitrogens with one attached hydrogen (secondary N) is 1. The zero-order chi connectivity index (χ0) is 14.8. The molecule has 0 saturated carbocycles. The Hall–Kier alpha value is -2.03. The Labute approximate surface area is 120 Å². The number of ether oxygens (including phenoxy) is 1. The number of hydrogen-bond acceptors (Lipinski definition) is 2. The van der Waals surface area contributed by atoms with Crippen molar-refractivity contribution in [3.05, 3.63) is 47.7 Å². The molecule has 20 heavy (non-hydrogen) atoms. The lowest BCUT2D eigenvalue weighted by atomic mass is 9.92. The number of esters is 1. The van der Waals surface area contributed by atoms with Gasteiger partial charge in [0.25, 0.3) is 0 Å². The quantitative estimate of drug-likeness (QED) is 0.852. The van der Waals surface area contributed by atoms with Gasteiger partial charge in [0.05, 0.1) is 17.9 Å². The van der Waals surface area contributed by atoms with Gasteiger partial charge >= 0.3 is 5.97 Å². The summed E-state index contributed by atoms with van der Waals surface area (Å²) in [5.74, 6) is -0.280. The van der Waals surface area contributed by atoms with Crippen LogP contribution in [0.3, 0.4) is 0 Å². The van der Waals surface area contributed by atoms with Crippen molar-refractivity contribution in [3.8, 4) is 11.3 Å². The van der Waals surface area contributed by atoms with Gasteiger partial charge in [0, 0.05) is 11.1 Å². The van der Waals surface area contributed by atoms with E-state index in [4.69, 9.17) is 4.74 Å². The molecule has 3 heteroatoms. The van der Waals surface area contributed by atoms with E-state index in [1.807, 2.05) is 43.3 Å². The molecule has 0 aliphatic carbocycles. The Morgan fingerprint density at radius 2 is 1.85 bits per heavy atom. The highest BCUT2D eigenvalue weighted by atomic mass is 16.5. The van der Waals surface area contributed by atoms with Gasteiger partial charge in [-0.1, -0.05) is 51.1 Å². The zero-order valence-electron chi connectivity index (χ0n) is 12.5. The Kier molecular flexibility index (Phi) is 3.98. The van der Waals surface area contributed by atoms with Crippen LogP contribution in [-0.4, -0.2) is 17.6 Å². The highest BCUT2D eigenvalue weighted by molar-refractivity contribution is 5.96. The topological polar surface area (TPSA) is 42.1 Å². The number of carbonyl (C=O) groups excluding carboxylic acids is 1. The minimum Gasteiger partial charge on any atom is -0.462 e. The number of hydrogen-bond donors (Lipinski definition) is 1. The number of carbonyl (C=O) groups is 1. The van der Waals surface area contributed by atoms with Crippen LogP contribution in [0.4, 0.5) is 0 Å². The second kappa shape index (κ2) is 5.53. The van der Waals surface area contributed by atoms with Gasteiger partial charge in [-0.2, -0.15) is 0 Å². The predicted molar refractivity (Wildman–Crippen MR) is 80.9 cm³/mol. The molecule has 1 aromatic carbocycles. The van der Waals surface area contributed by atoms with Crippen molar-refractivity contribution in [2.75, 3.05) is 6.61 Å². The second-order valence-electron chi connectivity index (χ2n) is 5.81. The average Bonchev–Trinajstić information content (AvgIpc) is 2.85. The van der Waals surface area contributed by atoms with Crippen LogP contribution in [0.5, 0.6) is 0 Å². The van der Waals surface area contributed by atoms with Gasteiger partial charge in [0.2, 0.25) is 0 Å². The van der Waals surface area contributed by atoms with E-state index in [2.05, 4.69) is 25.8 Å². The minimum atomic E-state index is -0.280. The van der Waals surface area contributed by atoms with Crippen LogP contribution in [0.15, 0.2) is 36.4 Å². The van der Waals surface area contributed by atoms with Crippen LogP contribution in [0.25, 0.3) is 11.3 Å². The molecule has 0 saturated heterocycles. The molecule has 0 aliphatic rings. The van der Waals surface area contributed by atoms with Crippen molar-refractivity contribution in [1.29, 1.82) is 0 Å². The van der Waals surface area contributed by atoms with E-state index in [0.717, 1.165) is 17.0 Å². The summed E-state index contributed by atoms with van der Waals surface area (Å²) >= 11 is 0. The first-order valence-corrected chi connectivity index (χ1v) is 6.89. The molecular weight excluding hydrogens is 250 g/mol. The fourth-order valence-electron chi connectivity index (χ4n) is 2.06. The molecule has 2 aromatic rings. The molecule has 1 N–H and O–H groups in total. The van der Waals surface area contributed by atoms with Crippen LogP contribution in [0, 0.1) is 0 Å². The van der Waals surface area contributed by atoms with Crippen molar-refractivity contribution in [2.45, 2.75) is 33.1 Å². The van der Waals surface area contributed by atoms with Gasteiger partial charge < -0.3 is 9.72 Å². The summed E-state index contributed by atoms with van der Waals surface area (Å²) in [6, 6.07) is 11.8.